The molecule has 0 aromatic heterocycles. The molecule has 0 heterocycles. The summed E-state index contributed by atoms with van der Waals surface area (Å²) in [5, 5.41) is 45.3. The van der Waals surface area contributed by atoms with Gasteiger partial charge in [0.05, 0.1) is 13.2 Å². The molecule has 0 radical (unpaired) electrons. The highest BCUT2D eigenvalue weighted by atomic mass is 16.5. The number of aryl methyl sites for hydroxylation is 1. The third-order valence-electron chi connectivity index (χ3n) is 9.08. The van der Waals surface area contributed by atoms with Gasteiger partial charge in [0.25, 0.3) is 0 Å². The Morgan fingerprint density at radius 2 is 1.77 bits per heavy atom. The Morgan fingerprint density at radius 1 is 1.00 bits per heavy atom. The van der Waals surface area contributed by atoms with E-state index in [4.69, 9.17) is 4.74 Å². The van der Waals surface area contributed by atoms with Gasteiger partial charge in [-0.1, -0.05) is 55.8 Å². The number of nitrogens with one attached hydrogen (secondary N) is 1. The molecule has 0 aliphatic heterocycles. The number of aliphatic hydroxyl groups excluding tert-OH is 1. The van der Waals surface area contributed by atoms with Gasteiger partial charge in [-0.2, -0.15) is 0 Å². The smallest absolute Gasteiger partial charge is 0.160 e. The van der Waals surface area contributed by atoms with Gasteiger partial charge in [-0.05, 0) is 110 Å². The molecular weight excluding hydrogens is 542 g/mol. The molecular formula is C36H47NO6. The molecule has 4 atom stereocenters. The summed E-state index contributed by atoms with van der Waals surface area (Å²) in [5.41, 5.74) is 2.60. The highest BCUT2D eigenvalue weighted by molar-refractivity contribution is 5.79. The Bertz CT molecular complexity index is 1330. The summed E-state index contributed by atoms with van der Waals surface area (Å²) in [4.78, 5) is 13.5. The van der Waals surface area contributed by atoms with Crippen molar-refractivity contribution in [1.29, 1.82) is 0 Å². The first-order valence-corrected chi connectivity index (χ1v) is 15.6. The fourth-order valence-electron chi connectivity index (χ4n) is 6.89. The van der Waals surface area contributed by atoms with Gasteiger partial charge in [-0.3, -0.25) is 4.79 Å². The molecule has 3 aromatic carbocycles. The minimum atomic E-state index is -0.842. The number of phenolic OH excluding ortho intramolecular Hbond substituents is 3. The molecule has 43 heavy (non-hydrogen) atoms. The largest absolute Gasteiger partial charge is 0.504 e. The lowest BCUT2D eigenvalue weighted by atomic mass is 9.63. The predicted octanol–water partition coefficient (Wildman–Crippen LogP) is 6.37. The van der Waals surface area contributed by atoms with Crippen molar-refractivity contribution >= 4 is 5.78 Å². The average Bonchev–Trinajstić information content (AvgIpc) is 3.00. The van der Waals surface area contributed by atoms with Crippen LogP contribution in [0.5, 0.6) is 23.0 Å². The van der Waals surface area contributed by atoms with Crippen molar-refractivity contribution in [2.24, 2.45) is 5.92 Å². The fraction of sp³-hybridized carbons (Fsp3) is 0.472. The number of ketones is 1. The normalized spacial score (nSPS) is 19.9. The summed E-state index contributed by atoms with van der Waals surface area (Å²) in [5.74, 6) is 0.402. The molecule has 7 heteroatoms. The second-order valence-electron chi connectivity index (χ2n) is 12.2. The molecule has 0 bridgehead atoms. The van der Waals surface area contributed by atoms with Gasteiger partial charge in [0.1, 0.15) is 5.78 Å². The lowest BCUT2D eigenvalue weighted by Crippen LogP contribution is -2.39. The van der Waals surface area contributed by atoms with Crippen molar-refractivity contribution < 1.29 is 30.0 Å². The quantitative estimate of drug-likeness (QED) is 0.131. The van der Waals surface area contributed by atoms with Crippen LogP contribution in [-0.2, 0) is 16.6 Å². The topological polar surface area (TPSA) is 119 Å². The summed E-state index contributed by atoms with van der Waals surface area (Å²) >= 11 is 0. The number of rotatable bonds is 15. The number of methoxy groups -OCH3 is 1. The number of hydrogen-bond donors (Lipinski definition) is 5. The monoisotopic (exact) mass is 589 g/mol. The van der Waals surface area contributed by atoms with Crippen molar-refractivity contribution in [1.82, 2.24) is 5.32 Å². The molecule has 0 saturated heterocycles. The number of phenols is 3. The minimum Gasteiger partial charge on any atom is -0.504 e. The first-order valence-electron chi connectivity index (χ1n) is 15.6. The van der Waals surface area contributed by atoms with Crippen LogP contribution in [0.3, 0.4) is 0 Å². The lowest BCUT2D eigenvalue weighted by Gasteiger charge is -2.43. The van der Waals surface area contributed by atoms with E-state index < -0.39 is 11.5 Å². The Labute approximate surface area is 255 Å². The maximum absolute atomic E-state index is 13.5. The summed E-state index contributed by atoms with van der Waals surface area (Å²) in [6, 6.07) is 20.4. The number of ether oxygens (including phenoxy) is 1. The molecule has 0 unspecified atom stereocenters. The number of benzene rings is 3. The fourth-order valence-corrected chi connectivity index (χ4v) is 6.89. The van der Waals surface area contributed by atoms with Gasteiger partial charge in [0.15, 0.2) is 23.0 Å². The van der Waals surface area contributed by atoms with Crippen LogP contribution in [0.25, 0.3) is 0 Å². The molecule has 1 aliphatic carbocycles. The molecule has 5 N–H and O–H groups in total. The van der Waals surface area contributed by atoms with E-state index in [9.17, 15) is 25.2 Å². The number of aliphatic hydroxyl groups is 1. The number of Topliss-reactive ketones (excluding diaryl/α,β-unsaturated/α-hetero) is 1. The summed E-state index contributed by atoms with van der Waals surface area (Å²) in [6.45, 7) is 3.86. The highest BCUT2D eigenvalue weighted by Crippen LogP contribution is 2.47. The van der Waals surface area contributed by atoms with E-state index in [0.29, 0.717) is 18.1 Å². The summed E-state index contributed by atoms with van der Waals surface area (Å²) < 4.78 is 5.34. The zero-order chi connectivity index (χ0) is 30.8. The zero-order valence-corrected chi connectivity index (χ0v) is 25.5. The van der Waals surface area contributed by atoms with Crippen LogP contribution in [0, 0.1) is 5.92 Å². The molecule has 3 aromatic rings. The van der Waals surface area contributed by atoms with Crippen molar-refractivity contribution in [3.63, 3.8) is 0 Å². The van der Waals surface area contributed by atoms with E-state index in [-0.39, 0.29) is 41.8 Å². The summed E-state index contributed by atoms with van der Waals surface area (Å²) in [7, 11) is 1.51. The van der Waals surface area contributed by atoms with Crippen molar-refractivity contribution in [2.75, 3.05) is 20.2 Å². The highest BCUT2D eigenvalue weighted by Gasteiger charge is 2.40. The van der Waals surface area contributed by atoms with Crippen LogP contribution in [0.4, 0.5) is 0 Å². The molecule has 0 spiro atoms. The average molecular weight is 590 g/mol. The van der Waals surface area contributed by atoms with Gasteiger partial charge >= 0.3 is 0 Å². The van der Waals surface area contributed by atoms with Crippen LogP contribution < -0.4 is 10.1 Å². The van der Waals surface area contributed by atoms with Crippen LogP contribution in [0.2, 0.25) is 0 Å². The number of carbonyl (C=O) groups is 1. The molecule has 1 aliphatic rings. The lowest BCUT2D eigenvalue weighted by molar-refractivity contribution is -0.121. The Hall–Kier alpha value is -3.55. The van der Waals surface area contributed by atoms with Gasteiger partial charge < -0.3 is 30.5 Å². The van der Waals surface area contributed by atoms with Crippen LogP contribution >= 0.6 is 0 Å². The first kappa shape index (κ1) is 32.4. The second kappa shape index (κ2) is 15.3. The Morgan fingerprint density at radius 3 is 2.49 bits per heavy atom. The molecule has 0 amide bonds. The number of aromatic hydroxyl groups is 3. The Kier molecular flexibility index (Phi) is 11.5. The van der Waals surface area contributed by atoms with Crippen molar-refractivity contribution in [2.45, 2.75) is 82.1 Å². The second-order valence-corrected chi connectivity index (χ2v) is 12.2. The van der Waals surface area contributed by atoms with Gasteiger partial charge in [0, 0.05) is 12.8 Å². The van der Waals surface area contributed by atoms with E-state index >= 15 is 0 Å². The van der Waals surface area contributed by atoms with Crippen LogP contribution in [-0.4, -0.2) is 52.5 Å². The van der Waals surface area contributed by atoms with E-state index in [1.165, 1.54) is 18.7 Å². The van der Waals surface area contributed by atoms with Gasteiger partial charge in [-0.15, -0.1) is 0 Å². The Balaban J connectivity index is 1.50. The zero-order valence-electron chi connectivity index (χ0n) is 25.5. The van der Waals surface area contributed by atoms with Gasteiger partial charge in [-0.25, -0.2) is 0 Å². The molecule has 1 saturated carbocycles. The van der Waals surface area contributed by atoms with Crippen molar-refractivity contribution in [3.05, 3.63) is 83.4 Å². The van der Waals surface area contributed by atoms with E-state index in [2.05, 4.69) is 24.4 Å². The van der Waals surface area contributed by atoms with E-state index in [0.717, 1.165) is 62.7 Å². The van der Waals surface area contributed by atoms with Crippen molar-refractivity contribution in [3.8, 4) is 23.0 Å². The molecule has 1 fully saturated rings. The molecule has 232 valence electrons. The molecule has 7 nitrogen and oxygen atoms in total. The molecule has 4 rings (SSSR count). The third kappa shape index (κ3) is 8.74. The maximum atomic E-state index is 13.5. The third-order valence-corrected chi connectivity index (χ3v) is 9.08. The number of hydrogen-bond acceptors (Lipinski definition) is 7. The van der Waals surface area contributed by atoms with Gasteiger partial charge in [0.2, 0.25) is 0 Å². The van der Waals surface area contributed by atoms with Crippen LogP contribution in [0.1, 0.15) is 80.9 Å². The number of carbonyl (C=O) groups excluding carboxylic acids is 1. The maximum Gasteiger partial charge on any atom is 0.160 e. The standard InChI is InChI=1S/C36H47NO6/c1-3-37-24-26-10-7-17-36(22-26,29-14-16-32(40)34(42)20-29)23-31(39)21-30(38)18-27(12-11-25-8-5-4-6-9-25)28-13-15-33(41)35(19-28)43-2/h4-6,8-9,13-16,19-20,26-27,31,37,39-42H,3,7,10-12,17-18,21-24H2,1-2H3/t26-,27-,31-,36+/m0/s1. The minimum absolute atomic E-state index is 0.0127. The first-order chi connectivity index (χ1) is 20.7. The van der Waals surface area contributed by atoms with E-state index in [1.54, 1.807) is 18.2 Å². The van der Waals surface area contributed by atoms with E-state index in [1.807, 2.05) is 30.3 Å². The van der Waals surface area contributed by atoms with Crippen LogP contribution in [0.15, 0.2) is 66.7 Å². The SMILES string of the molecule is CCNC[C@H]1CCC[C@@](C[C@@H](O)CC(=O)C[C@H](CCc2ccccc2)c2ccc(O)c(OC)c2)(c2ccc(O)c(O)c2)C1. The predicted molar refractivity (Wildman–Crippen MR) is 169 cm³/mol. The summed E-state index contributed by atoms with van der Waals surface area (Å²) in [6.07, 6.45) is 5.18.